The number of H-pyrrole nitrogens is 2. The summed E-state index contributed by atoms with van der Waals surface area (Å²) in [5.41, 5.74) is 5.21. The number of hydrogen-bond donors (Lipinski definition) is 3. The van der Waals surface area contributed by atoms with E-state index in [1.54, 1.807) is 4.90 Å². The molecule has 0 bridgehead atoms. The van der Waals surface area contributed by atoms with Crippen molar-refractivity contribution in [3.63, 3.8) is 0 Å². The third kappa shape index (κ3) is 7.36. The Balaban J connectivity index is 1.15. The quantitative estimate of drug-likeness (QED) is 0.151. The van der Waals surface area contributed by atoms with Crippen LogP contribution in [0.15, 0.2) is 60.8 Å². The zero-order valence-corrected chi connectivity index (χ0v) is 28.7. The molecular formula is C39H46N6O2. The van der Waals surface area contributed by atoms with Gasteiger partial charge in [-0.2, -0.15) is 0 Å². The molecule has 4 atom stereocenters. The number of amides is 1. The Morgan fingerprint density at radius 3 is 2.34 bits per heavy atom. The van der Waals surface area contributed by atoms with Gasteiger partial charge in [-0.05, 0) is 86.7 Å². The lowest BCUT2D eigenvalue weighted by molar-refractivity contribution is 0.0104. The van der Waals surface area contributed by atoms with E-state index in [4.69, 9.17) is 9.72 Å². The number of carbonyl (C=O) groups excluding carboxylic acids is 1. The van der Waals surface area contributed by atoms with Crippen molar-refractivity contribution < 1.29 is 9.53 Å². The number of fused-ring (bicyclic) bond motifs is 3. The van der Waals surface area contributed by atoms with Crippen LogP contribution in [0.4, 0.5) is 4.79 Å². The molecule has 2 heterocycles. The Bertz CT molecular complexity index is 1940. The van der Waals surface area contributed by atoms with E-state index < -0.39 is 5.60 Å². The van der Waals surface area contributed by atoms with E-state index in [2.05, 4.69) is 90.1 Å². The van der Waals surface area contributed by atoms with Gasteiger partial charge in [0.05, 0.1) is 36.0 Å². The minimum atomic E-state index is -0.574. The molecule has 6 rings (SSSR count). The summed E-state index contributed by atoms with van der Waals surface area (Å²) in [4.78, 5) is 31.2. The molecule has 2 unspecified atom stereocenters. The summed E-state index contributed by atoms with van der Waals surface area (Å²) in [5, 5.41) is 5.69. The maximum atomic E-state index is 13.1. The van der Waals surface area contributed by atoms with Gasteiger partial charge in [0.25, 0.3) is 0 Å². The first-order chi connectivity index (χ1) is 22.4. The van der Waals surface area contributed by atoms with Crippen LogP contribution in [0, 0.1) is 29.6 Å². The Kier molecular flexibility index (Phi) is 8.86. The summed E-state index contributed by atoms with van der Waals surface area (Å²) in [5.74, 6) is 10.1. The number of nitrogens with zero attached hydrogens (tertiary/aromatic N) is 3. The summed E-state index contributed by atoms with van der Waals surface area (Å²) in [7, 11) is 0. The molecule has 8 nitrogen and oxygen atoms in total. The first-order valence-electron chi connectivity index (χ1n) is 16.7. The molecule has 0 spiro atoms. The molecule has 1 aliphatic carbocycles. The first kappa shape index (κ1) is 32.3. The van der Waals surface area contributed by atoms with Crippen molar-refractivity contribution >= 4 is 27.9 Å². The minimum Gasteiger partial charge on any atom is -0.444 e. The van der Waals surface area contributed by atoms with E-state index in [-0.39, 0.29) is 18.1 Å². The van der Waals surface area contributed by atoms with Crippen LogP contribution in [0.25, 0.3) is 33.1 Å². The van der Waals surface area contributed by atoms with Crippen molar-refractivity contribution in [2.45, 2.75) is 86.2 Å². The highest BCUT2D eigenvalue weighted by Gasteiger charge is 2.42. The maximum absolute atomic E-state index is 13.1. The average molecular weight is 631 g/mol. The van der Waals surface area contributed by atoms with Crippen molar-refractivity contribution in [1.82, 2.24) is 30.2 Å². The van der Waals surface area contributed by atoms with Gasteiger partial charge in [-0.1, -0.05) is 63.8 Å². The molecule has 8 heteroatoms. The number of imidazole rings is 2. The van der Waals surface area contributed by atoms with Gasteiger partial charge in [-0.25, -0.2) is 14.8 Å². The molecule has 244 valence electrons. The zero-order chi connectivity index (χ0) is 33.5. The predicted octanol–water partition coefficient (Wildman–Crippen LogP) is 8.03. The van der Waals surface area contributed by atoms with Crippen LogP contribution in [-0.4, -0.2) is 48.6 Å². The number of benzene rings is 3. The standard InChI is InChI=1S/C39H46N6O2/c1-23(2)26(5)45(38(46)47-39(6,7)8)22-35-42-32-18-16-30-19-28(13-17-31(30)37(32)44-35)10-9-27-11-14-29(15-12-27)33-20-40-34(43-33)21-41-36-24(3)25(36)4/h11-20,23-26,36,41H,21-22H2,1-8H3,(H,40,43)(H,42,44)/t24-,25?,26-,36?/m1/s1. The second-order valence-corrected chi connectivity index (χ2v) is 14.4. The van der Waals surface area contributed by atoms with E-state index in [0.717, 1.165) is 74.2 Å². The predicted molar refractivity (Wildman–Crippen MR) is 189 cm³/mol. The Morgan fingerprint density at radius 2 is 1.66 bits per heavy atom. The average Bonchev–Trinajstić information content (AvgIpc) is 3.40. The molecule has 1 fully saturated rings. The summed E-state index contributed by atoms with van der Waals surface area (Å²) in [6.45, 7) is 17.6. The molecule has 2 aromatic heterocycles. The lowest BCUT2D eigenvalue weighted by atomic mass is 10.1. The van der Waals surface area contributed by atoms with Crippen LogP contribution in [0.3, 0.4) is 0 Å². The summed E-state index contributed by atoms with van der Waals surface area (Å²) in [6, 6.07) is 19.2. The van der Waals surface area contributed by atoms with Crippen LogP contribution < -0.4 is 5.32 Å². The van der Waals surface area contributed by atoms with Crippen molar-refractivity contribution in [3.8, 4) is 23.1 Å². The molecule has 3 aromatic carbocycles. The largest absolute Gasteiger partial charge is 0.444 e. The van der Waals surface area contributed by atoms with Gasteiger partial charge in [-0.15, -0.1) is 0 Å². The van der Waals surface area contributed by atoms with E-state index >= 15 is 0 Å². The highest BCUT2D eigenvalue weighted by molar-refractivity contribution is 6.04. The van der Waals surface area contributed by atoms with Crippen molar-refractivity contribution in [2.24, 2.45) is 17.8 Å². The third-order valence-corrected chi connectivity index (χ3v) is 9.42. The number of aromatic nitrogens is 4. The molecule has 1 amide bonds. The third-order valence-electron chi connectivity index (χ3n) is 9.42. The fourth-order valence-electron chi connectivity index (χ4n) is 5.95. The fourth-order valence-corrected chi connectivity index (χ4v) is 5.95. The van der Waals surface area contributed by atoms with Crippen LogP contribution in [0.2, 0.25) is 0 Å². The summed E-state index contributed by atoms with van der Waals surface area (Å²) >= 11 is 0. The van der Waals surface area contributed by atoms with Crippen LogP contribution in [-0.2, 0) is 17.8 Å². The van der Waals surface area contributed by atoms with Gasteiger partial charge in [0, 0.05) is 28.6 Å². The number of carbonyl (C=O) groups is 1. The Hall–Kier alpha value is -4.61. The smallest absolute Gasteiger partial charge is 0.410 e. The van der Waals surface area contributed by atoms with Crippen LogP contribution >= 0.6 is 0 Å². The topological polar surface area (TPSA) is 98.9 Å². The van der Waals surface area contributed by atoms with Crippen molar-refractivity contribution in [3.05, 3.63) is 83.6 Å². The molecule has 1 aliphatic rings. The van der Waals surface area contributed by atoms with Gasteiger partial charge in [0.15, 0.2) is 0 Å². The van der Waals surface area contributed by atoms with E-state index in [1.807, 2.05) is 58.2 Å². The highest BCUT2D eigenvalue weighted by atomic mass is 16.6. The highest BCUT2D eigenvalue weighted by Crippen LogP contribution is 2.37. The molecule has 0 saturated heterocycles. The van der Waals surface area contributed by atoms with Gasteiger partial charge < -0.3 is 20.0 Å². The number of ether oxygens (including phenoxy) is 1. The van der Waals surface area contributed by atoms with Gasteiger partial charge in [-0.3, -0.25) is 4.90 Å². The van der Waals surface area contributed by atoms with Crippen molar-refractivity contribution in [1.29, 1.82) is 0 Å². The lowest BCUT2D eigenvalue weighted by Crippen LogP contribution is -2.44. The molecule has 3 N–H and O–H groups in total. The minimum absolute atomic E-state index is 0.0159. The SMILES string of the molecule is CC1C(NCc2ncc(-c3ccc(C#Cc4ccc5c(ccc6[nH]c(CN(C(=O)OC(C)(C)C)[C@H](C)C(C)C)nc65)c4)cc3)[nH]2)[C@@H]1C. The van der Waals surface area contributed by atoms with E-state index in [0.29, 0.717) is 12.6 Å². The van der Waals surface area contributed by atoms with Gasteiger partial charge in [0.1, 0.15) is 17.2 Å². The second kappa shape index (κ2) is 12.9. The summed E-state index contributed by atoms with van der Waals surface area (Å²) < 4.78 is 5.73. The molecule has 1 saturated carbocycles. The molecule has 0 aliphatic heterocycles. The Labute approximate surface area is 277 Å². The first-order valence-corrected chi connectivity index (χ1v) is 16.7. The zero-order valence-electron chi connectivity index (χ0n) is 28.7. The number of hydrogen-bond acceptors (Lipinski definition) is 5. The molecule has 5 aromatic rings. The number of nitrogens with one attached hydrogen (secondary N) is 3. The molecular weight excluding hydrogens is 584 g/mol. The van der Waals surface area contributed by atoms with E-state index in [1.165, 1.54) is 0 Å². The van der Waals surface area contributed by atoms with Crippen molar-refractivity contribution in [2.75, 3.05) is 0 Å². The second-order valence-electron chi connectivity index (χ2n) is 14.4. The van der Waals surface area contributed by atoms with Gasteiger partial charge in [0.2, 0.25) is 0 Å². The van der Waals surface area contributed by atoms with Crippen LogP contribution in [0.1, 0.15) is 78.2 Å². The van der Waals surface area contributed by atoms with Gasteiger partial charge >= 0.3 is 6.09 Å². The summed E-state index contributed by atoms with van der Waals surface area (Å²) in [6.07, 6.45) is 1.56. The Morgan fingerprint density at radius 1 is 0.957 bits per heavy atom. The van der Waals surface area contributed by atoms with E-state index in [9.17, 15) is 4.79 Å². The number of rotatable bonds is 8. The maximum Gasteiger partial charge on any atom is 0.410 e. The normalized spacial score (nSPS) is 18.3. The van der Waals surface area contributed by atoms with Crippen LogP contribution in [0.5, 0.6) is 0 Å². The number of aromatic amines is 2. The monoisotopic (exact) mass is 630 g/mol. The molecule has 0 radical (unpaired) electrons. The lowest BCUT2D eigenvalue weighted by Gasteiger charge is -2.33. The fraction of sp³-hybridized carbons (Fsp3) is 0.410. The molecule has 47 heavy (non-hydrogen) atoms.